The van der Waals surface area contributed by atoms with E-state index in [2.05, 4.69) is 25.3 Å². The molecule has 0 atom stereocenters. The van der Waals surface area contributed by atoms with Crippen molar-refractivity contribution in [3.8, 4) is 0 Å². The highest BCUT2D eigenvalue weighted by atomic mass is 32.1. The number of carbonyl (C=O) groups excluding carboxylic acids is 2. The van der Waals surface area contributed by atoms with Crippen molar-refractivity contribution >= 4 is 33.4 Å². The lowest BCUT2D eigenvalue weighted by atomic mass is 9.96. The number of aromatic nitrogens is 2. The van der Waals surface area contributed by atoms with E-state index in [4.69, 9.17) is 0 Å². The lowest BCUT2D eigenvalue weighted by molar-refractivity contribution is -0.125. The summed E-state index contributed by atoms with van der Waals surface area (Å²) in [6, 6.07) is 0. The third kappa shape index (κ3) is 5.25. The van der Waals surface area contributed by atoms with Gasteiger partial charge in [0, 0.05) is 38.5 Å². The molecule has 0 saturated carbocycles. The predicted octanol–water partition coefficient (Wildman–Crippen LogP) is 1.87. The molecule has 1 N–H and O–H groups in total. The minimum atomic E-state index is 0.0918. The molecule has 8 nitrogen and oxygen atoms in total. The van der Waals surface area contributed by atoms with Crippen LogP contribution in [0.3, 0.4) is 0 Å². The summed E-state index contributed by atoms with van der Waals surface area (Å²) in [6.07, 6.45) is 7.95. The summed E-state index contributed by atoms with van der Waals surface area (Å²) in [4.78, 5) is 31.0. The number of nitrogens with zero attached hydrogens (tertiary/aromatic N) is 5. The van der Waals surface area contributed by atoms with E-state index in [-0.39, 0.29) is 17.7 Å². The summed E-state index contributed by atoms with van der Waals surface area (Å²) in [7, 11) is 0. The van der Waals surface area contributed by atoms with Gasteiger partial charge in [-0.05, 0) is 64.6 Å². The van der Waals surface area contributed by atoms with E-state index in [0.29, 0.717) is 11.6 Å². The van der Waals surface area contributed by atoms with Crippen molar-refractivity contribution in [3.63, 3.8) is 0 Å². The van der Waals surface area contributed by atoms with Crippen LogP contribution in [0.5, 0.6) is 0 Å². The maximum absolute atomic E-state index is 12.5. The summed E-state index contributed by atoms with van der Waals surface area (Å²) in [6.45, 7) is 6.67. The lowest BCUT2D eigenvalue weighted by Crippen LogP contribution is -2.41. The summed E-state index contributed by atoms with van der Waals surface area (Å²) >= 11 is 1.49. The van der Waals surface area contributed by atoms with E-state index in [1.54, 1.807) is 4.90 Å². The molecule has 0 aromatic carbocycles. The van der Waals surface area contributed by atoms with E-state index < -0.39 is 0 Å². The van der Waals surface area contributed by atoms with Crippen LogP contribution in [0.15, 0.2) is 0 Å². The molecule has 9 heteroatoms. The maximum Gasteiger partial charge on any atom is 0.228 e. The molecule has 2 amide bonds. The molecule has 1 aromatic rings. The van der Waals surface area contributed by atoms with E-state index in [9.17, 15) is 9.59 Å². The normalized spacial score (nSPS) is 21.7. The van der Waals surface area contributed by atoms with Gasteiger partial charge in [0.25, 0.3) is 0 Å². The van der Waals surface area contributed by atoms with Gasteiger partial charge in [0.15, 0.2) is 0 Å². The number of amides is 2. The van der Waals surface area contributed by atoms with Crippen molar-refractivity contribution in [2.45, 2.75) is 51.4 Å². The van der Waals surface area contributed by atoms with Gasteiger partial charge in [-0.1, -0.05) is 11.3 Å². The fourth-order valence-electron chi connectivity index (χ4n) is 4.45. The molecule has 0 unspecified atom stereocenters. The van der Waals surface area contributed by atoms with Gasteiger partial charge in [-0.15, -0.1) is 10.2 Å². The predicted molar refractivity (Wildman–Crippen MR) is 114 cm³/mol. The highest BCUT2D eigenvalue weighted by Gasteiger charge is 2.28. The van der Waals surface area contributed by atoms with Gasteiger partial charge in [0.2, 0.25) is 22.1 Å². The van der Waals surface area contributed by atoms with Crippen LogP contribution in [0, 0.1) is 5.92 Å². The van der Waals surface area contributed by atoms with Crippen LogP contribution in [-0.4, -0.2) is 72.7 Å². The van der Waals surface area contributed by atoms with Gasteiger partial charge < -0.3 is 15.1 Å². The number of carbonyl (C=O) groups is 2. The van der Waals surface area contributed by atoms with Gasteiger partial charge in [-0.2, -0.15) is 0 Å². The third-order valence-corrected chi connectivity index (χ3v) is 7.25. The SMILES string of the molecule is O=C(NCCCN1CCCC1)C1CCN(c2nnc(N3CCCCC3=O)s2)CC1. The van der Waals surface area contributed by atoms with Crippen LogP contribution in [0.4, 0.5) is 10.3 Å². The Balaban J connectivity index is 1.19. The molecule has 0 spiro atoms. The summed E-state index contributed by atoms with van der Waals surface area (Å²) in [5.74, 6) is 0.441. The van der Waals surface area contributed by atoms with Crippen molar-refractivity contribution in [1.82, 2.24) is 20.4 Å². The molecule has 160 valence electrons. The first-order chi connectivity index (χ1) is 14.2. The minimum absolute atomic E-state index is 0.0918. The molecular formula is C20H32N6O2S. The van der Waals surface area contributed by atoms with Crippen LogP contribution in [0.1, 0.15) is 51.4 Å². The standard InChI is InChI=1S/C20H32N6O2S/c27-17-6-1-2-13-26(17)20-23-22-19(29-20)25-14-7-16(8-15-25)18(28)21-9-5-12-24-10-3-4-11-24/h16H,1-15H2,(H,21,28). The van der Waals surface area contributed by atoms with E-state index in [0.717, 1.165) is 70.0 Å². The second-order valence-corrected chi connectivity index (χ2v) is 9.26. The fourth-order valence-corrected chi connectivity index (χ4v) is 5.39. The smallest absolute Gasteiger partial charge is 0.228 e. The number of hydrogen-bond acceptors (Lipinski definition) is 7. The van der Waals surface area contributed by atoms with E-state index in [1.807, 2.05) is 0 Å². The van der Waals surface area contributed by atoms with Crippen molar-refractivity contribution in [2.24, 2.45) is 5.92 Å². The number of piperidine rings is 2. The van der Waals surface area contributed by atoms with Crippen LogP contribution in [-0.2, 0) is 9.59 Å². The Hall–Kier alpha value is -1.74. The van der Waals surface area contributed by atoms with Gasteiger partial charge in [-0.3, -0.25) is 14.5 Å². The zero-order valence-corrected chi connectivity index (χ0v) is 18.0. The molecule has 3 aliphatic heterocycles. The number of anilines is 2. The topological polar surface area (TPSA) is 81.7 Å². The lowest BCUT2D eigenvalue weighted by Gasteiger charge is -2.30. The Morgan fingerprint density at radius 1 is 1.00 bits per heavy atom. The molecular weight excluding hydrogens is 388 g/mol. The van der Waals surface area contributed by atoms with Gasteiger partial charge in [-0.25, -0.2) is 0 Å². The molecule has 0 radical (unpaired) electrons. The maximum atomic E-state index is 12.5. The second-order valence-electron chi connectivity index (χ2n) is 8.32. The molecule has 4 rings (SSSR count). The van der Waals surface area contributed by atoms with E-state index in [1.165, 1.54) is 37.3 Å². The zero-order chi connectivity index (χ0) is 20.1. The Bertz CT molecular complexity index is 697. The molecule has 3 aliphatic rings. The summed E-state index contributed by atoms with van der Waals surface area (Å²) in [5.41, 5.74) is 0. The first kappa shape index (κ1) is 20.5. The van der Waals surface area contributed by atoms with Crippen LogP contribution in [0.25, 0.3) is 0 Å². The Morgan fingerprint density at radius 3 is 2.48 bits per heavy atom. The molecule has 3 saturated heterocycles. The number of likely N-dealkylation sites (tertiary alicyclic amines) is 1. The van der Waals surface area contributed by atoms with Crippen LogP contribution >= 0.6 is 11.3 Å². The Morgan fingerprint density at radius 2 is 1.72 bits per heavy atom. The van der Waals surface area contributed by atoms with Crippen molar-refractivity contribution in [2.75, 3.05) is 55.6 Å². The Kier molecular flexibility index (Phi) is 6.97. The highest BCUT2D eigenvalue weighted by molar-refractivity contribution is 7.19. The molecule has 29 heavy (non-hydrogen) atoms. The minimum Gasteiger partial charge on any atom is -0.356 e. The molecule has 0 aliphatic carbocycles. The van der Waals surface area contributed by atoms with Crippen molar-refractivity contribution in [1.29, 1.82) is 0 Å². The average Bonchev–Trinajstić information content (AvgIpc) is 3.44. The summed E-state index contributed by atoms with van der Waals surface area (Å²) in [5, 5.41) is 13.3. The van der Waals surface area contributed by atoms with Gasteiger partial charge in [0.05, 0.1) is 0 Å². The highest BCUT2D eigenvalue weighted by Crippen LogP contribution is 2.31. The Labute approximate surface area is 176 Å². The van der Waals surface area contributed by atoms with E-state index >= 15 is 0 Å². The third-order valence-electron chi connectivity index (χ3n) is 6.24. The molecule has 0 bridgehead atoms. The summed E-state index contributed by atoms with van der Waals surface area (Å²) < 4.78 is 0. The van der Waals surface area contributed by atoms with Crippen molar-refractivity contribution in [3.05, 3.63) is 0 Å². The zero-order valence-electron chi connectivity index (χ0n) is 17.1. The van der Waals surface area contributed by atoms with Gasteiger partial charge in [0.1, 0.15) is 0 Å². The quantitative estimate of drug-likeness (QED) is 0.678. The molecule has 1 aromatic heterocycles. The number of hydrogen-bond donors (Lipinski definition) is 1. The van der Waals surface area contributed by atoms with Crippen LogP contribution < -0.4 is 15.1 Å². The molecule has 3 fully saturated rings. The monoisotopic (exact) mass is 420 g/mol. The molecule has 4 heterocycles. The first-order valence-corrected chi connectivity index (χ1v) is 11.9. The van der Waals surface area contributed by atoms with Gasteiger partial charge >= 0.3 is 0 Å². The largest absolute Gasteiger partial charge is 0.356 e. The number of nitrogens with one attached hydrogen (secondary N) is 1. The van der Waals surface area contributed by atoms with Crippen LogP contribution in [0.2, 0.25) is 0 Å². The average molecular weight is 421 g/mol. The van der Waals surface area contributed by atoms with Crippen molar-refractivity contribution < 1.29 is 9.59 Å². The second kappa shape index (κ2) is 9.84. The fraction of sp³-hybridized carbons (Fsp3) is 0.800. The first-order valence-electron chi connectivity index (χ1n) is 11.1. The number of rotatable bonds is 7.